The highest BCUT2D eigenvalue weighted by atomic mass is 19.1. The Morgan fingerprint density at radius 1 is 0.738 bits per heavy atom. The molecule has 84 heavy (non-hydrogen) atoms. The number of carbonyl (C=O) groups excluding carboxylic acids is 5. The van der Waals surface area contributed by atoms with Crippen LogP contribution in [0, 0.1) is 40.2 Å². The number of nitrogens with two attached hydrogens (primary N) is 1. The van der Waals surface area contributed by atoms with Gasteiger partial charge >= 0.3 is 18.0 Å². The summed E-state index contributed by atoms with van der Waals surface area (Å²) in [4.78, 5) is 101. The average Bonchev–Trinajstić information content (AvgIpc) is 1.81. The van der Waals surface area contributed by atoms with Gasteiger partial charge in [0.1, 0.15) is 28.1 Å². The standard InChI is InChI=1S/C62H74F2N6O14/c1-32-26-67(20-21-68(32)59(78)84-31-83-58(77)42-29-70(36-12-13-36)49-40(54(42)75)23-44(63)51(55(49)80-4)66-19-7-6-8-34(65)27-66)52-45(64)24-39-50(56(52)81-5)69(35-10-11-35)28-41(53(39)74)57(76)82-30-47(73)62(79)18-16-43-38-14-9-33-22-37(71)15-17-60(33,2)48(38)46(72)25-61(43,62)3/h22-24,28-29,32,34-36,38,43,46,48,72,79H,6-21,25-27,30-31,65H2,1-5H3/t32?,34-,38-,43-,46-,48+,60-,61-,62-/m0/s1. The monoisotopic (exact) mass is 1160 g/mol. The Hall–Kier alpha value is -6.91. The molecule has 0 bridgehead atoms. The zero-order valence-corrected chi connectivity index (χ0v) is 48.2. The Balaban J connectivity index is 0.713. The fraction of sp³-hybridized carbons (Fsp3) is 0.597. The number of ether oxygens (including phenoxy) is 5. The van der Waals surface area contributed by atoms with Gasteiger partial charge in [0.15, 0.2) is 35.5 Å². The van der Waals surface area contributed by atoms with E-state index in [0.29, 0.717) is 57.1 Å². The average molecular weight is 1170 g/mol. The minimum Gasteiger partial charge on any atom is -0.492 e. The first kappa shape index (κ1) is 57.5. The summed E-state index contributed by atoms with van der Waals surface area (Å²) in [6.45, 7) is 5.09. The normalized spacial score (nSPS) is 29.6. The van der Waals surface area contributed by atoms with Gasteiger partial charge in [0.05, 0.1) is 42.1 Å². The van der Waals surface area contributed by atoms with Gasteiger partial charge < -0.3 is 63.5 Å². The molecule has 2 aliphatic heterocycles. The van der Waals surface area contributed by atoms with Gasteiger partial charge in [0.2, 0.25) is 23.4 Å². The number of nitrogens with zero attached hydrogens (tertiary/aromatic N) is 5. The van der Waals surface area contributed by atoms with Crippen molar-refractivity contribution in [2.75, 3.05) is 70.1 Å². The number of fused-ring (bicyclic) bond motifs is 7. The van der Waals surface area contributed by atoms with Crippen LogP contribution >= 0.6 is 0 Å². The number of benzene rings is 2. The summed E-state index contributed by atoms with van der Waals surface area (Å²) in [5, 5.41) is 24.0. The van der Waals surface area contributed by atoms with Gasteiger partial charge in [-0.3, -0.25) is 19.2 Å². The maximum Gasteiger partial charge on any atom is 0.413 e. The van der Waals surface area contributed by atoms with Crippen LogP contribution in [0.3, 0.4) is 0 Å². The lowest BCUT2D eigenvalue weighted by atomic mass is 9.45. The van der Waals surface area contributed by atoms with E-state index >= 15 is 8.78 Å². The molecule has 5 saturated carbocycles. The smallest absolute Gasteiger partial charge is 0.413 e. The first-order valence-electron chi connectivity index (χ1n) is 29.7. The number of rotatable bonds is 13. The molecule has 6 aliphatic carbocycles. The first-order chi connectivity index (χ1) is 40.1. The molecule has 4 N–H and O–H groups in total. The van der Waals surface area contributed by atoms with Crippen molar-refractivity contribution in [1.29, 1.82) is 0 Å². The number of methoxy groups -OCH3 is 2. The van der Waals surface area contributed by atoms with Crippen molar-refractivity contribution < 1.29 is 66.7 Å². The van der Waals surface area contributed by atoms with Crippen LogP contribution in [0.4, 0.5) is 25.0 Å². The van der Waals surface area contributed by atoms with Crippen molar-refractivity contribution in [1.82, 2.24) is 14.0 Å². The maximum atomic E-state index is 16.7. The Kier molecular flexibility index (Phi) is 14.8. The molecule has 1 amide bonds. The number of amides is 1. The van der Waals surface area contributed by atoms with Gasteiger partial charge in [0, 0.05) is 81.1 Å². The lowest BCUT2D eigenvalue weighted by molar-refractivity contribution is -0.182. The van der Waals surface area contributed by atoms with Crippen molar-refractivity contribution in [2.45, 2.75) is 147 Å². The molecule has 22 heteroatoms. The van der Waals surface area contributed by atoms with Gasteiger partial charge in [-0.15, -0.1) is 0 Å². The molecule has 4 heterocycles. The zero-order valence-electron chi connectivity index (χ0n) is 48.2. The molecule has 1 unspecified atom stereocenters. The molecular weight excluding hydrogens is 1090 g/mol. The number of esters is 2. The number of hydrogen-bond acceptors (Lipinski definition) is 17. The van der Waals surface area contributed by atoms with Gasteiger partial charge in [-0.25, -0.2) is 23.2 Å². The quantitative estimate of drug-likeness (QED) is 0.0898. The fourth-order valence-electron chi connectivity index (χ4n) is 16.0. The molecule has 2 saturated heterocycles. The third kappa shape index (κ3) is 9.43. The molecule has 2 aromatic carbocycles. The summed E-state index contributed by atoms with van der Waals surface area (Å²) in [6, 6.07) is 1.10. The van der Waals surface area contributed by atoms with Crippen LogP contribution in [-0.4, -0.2) is 138 Å². The van der Waals surface area contributed by atoms with Gasteiger partial charge in [-0.05, 0) is 125 Å². The van der Waals surface area contributed by atoms with Crippen LogP contribution in [0.15, 0.2) is 45.8 Å². The second-order valence-corrected chi connectivity index (χ2v) is 25.4. The number of hydrogen-bond donors (Lipinski definition) is 3. The molecular formula is C62H74F2N6O14. The van der Waals surface area contributed by atoms with E-state index in [0.717, 1.165) is 56.2 Å². The predicted molar refractivity (Wildman–Crippen MR) is 304 cm³/mol. The molecule has 12 rings (SSSR count). The van der Waals surface area contributed by atoms with Crippen LogP contribution in [0.5, 0.6) is 11.5 Å². The first-order valence-corrected chi connectivity index (χ1v) is 29.7. The predicted octanol–water partition coefficient (Wildman–Crippen LogP) is 7.02. The fourth-order valence-corrected chi connectivity index (χ4v) is 16.0. The number of aromatic nitrogens is 2. The number of aliphatic hydroxyl groups is 2. The largest absolute Gasteiger partial charge is 0.492 e. The lowest BCUT2D eigenvalue weighted by Crippen LogP contribution is -2.62. The van der Waals surface area contributed by atoms with E-state index in [1.807, 2.05) is 11.8 Å². The number of carbonyl (C=O) groups is 5. The Morgan fingerprint density at radius 3 is 1.92 bits per heavy atom. The van der Waals surface area contributed by atoms with Gasteiger partial charge in [0.25, 0.3) is 0 Å². The minimum atomic E-state index is -1.93. The second kappa shape index (κ2) is 21.6. The van der Waals surface area contributed by atoms with Crippen LogP contribution in [0.2, 0.25) is 0 Å². The molecule has 7 fully saturated rings. The highest BCUT2D eigenvalue weighted by molar-refractivity contribution is 6.00. The van der Waals surface area contributed by atoms with Crippen molar-refractivity contribution in [3.05, 3.63) is 79.4 Å². The van der Waals surface area contributed by atoms with Crippen LogP contribution in [0.1, 0.15) is 143 Å². The summed E-state index contributed by atoms with van der Waals surface area (Å²) >= 11 is 0. The van der Waals surface area contributed by atoms with E-state index in [2.05, 4.69) is 6.92 Å². The van der Waals surface area contributed by atoms with Crippen molar-refractivity contribution in [2.24, 2.45) is 34.3 Å². The number of allylic oxidation sites excluding steroid dienone is 1. The molecule has 9 atom stereocenters. The van der Waals surface area contributed by atoms with E-state index in [9.17, 15) is 43.8 Å². The van der Waals surface area contributed by atoms with Crippen molar-refractivity contribution in [3.63, 3.8) is 0 Å². The Labute approximate surface area is 483 Å². The second-order valence-electron chi connectivity index (χ2n) is 25.4. The third-order valence-electron chi connectivity index (χ3n) is 20.5. The summed E-state index contributed by atoms with van der Waals surface area (Å²) in [5.41, 5.74) is 2.45. The van der Waals surface area contributed by atoms with Gasteiger partial charge in [-0.2, -0.15) is 0 Å². The number of halogens is 2. The van der Waals surface area contributed by atoms with E-state index in [-0.39, 0.29) is 124 Å². The number of pyridine rings is 2. The SMILES string of the molecule is COc1c(N2CCN(C(=O)OCOC(=O)c3cn(C4CC4)c4c(OC)c(N5CCCC[C@H](N)C5)c(F)cc4c3=O)C(C)C2)c(F)cc2c(=O)c(C(=O)OCC(=O)[C@@]3(O)CC[C@H]4[C@@H]5CCC6=CC(=O)CC[C@]6(C)[C@H]5[C@@H](O)C[C@@]43C)cn(C3CC3)c12. The highest BCUT2D eigenvalue weighted by Gasteiger charge is 2.68. The Bertz CT molecular complexity index is 3580. The summed E-state index contributed by atoms with van der Waals surface area (Å²) < 4.78 is 64.4. The van der Waals surface area contributed by atoms with E-state index in [4.69, 9.17) is 29.4 Å². The zero-order chi connectivity index (χ0) is 59.5. The van der Waals surface area contributed by atoms with Gasteiger partial charge in [-0.1, -0.05) is 25.8 Å². The van der Waals surface area contributed by atoms with E-state index in [1.54, 1.807) is 27.0 Å². The summed E-state index contributed by atoms with van der Waals surface area (Å²) in [7, 11) is 2.75. The maximum absolute atomic E-state index is 16.7. The molecule has 0 spiro atoms. The number of piperazine rings is 1. The van der Waals surface area contributed by atoms with Crippen LogP contribution in [-0.2, 0) is 23.8 Å². The molecule has 8 aliphatic rings. The summed E-state index contributed by atoms with van der Waals surface area (Å²) in [6.07, 6.45) is 11.4. The van der Waals surface area contributed by atoms with Crippen LogP contribution < -0.4 is 35.9 Å². The topological polar surface area (TPSA) is 252 Å². The minimum absolute atomic E-state index is 0.00469. The number of aliphatic hydroxyl groups excluding tert-OH is 1. The number of ketones is 2. The molecule has 0 radical (unpaired) electrons. The summed E-state index contributed by atoms with van der Waals surface area (Å²) in [5.74, 6) is -4.40. The van der Waals surface area contributed by atoms with Crippen LogP contribution in [0.25, 0.3) is 21.8 Å². The highest BCUT2D eigenvalue weighted by Crippen LogP contribution is 2.68. The molecule has 2 aromatic heterocycles. The molecule has 20 nitrogen and oxygen atoms in total. The van der Waals surface area contributed by atoms with Crippen molar-refractivity contribution in [3.8, 4) is 11.5 Å². The van der Waals surface area contributed by atoms with E-state index < -0.39 is 88.4 Å². The van der Waals surface area contributed by atoms with Crippen molar-refractivity contribution >= 4 is 62.8 Å². The molecule has 450 valence electrons. The number of Topliss-reactive ketones (excluding diaryl/α,β-unsaturated/α-hetero) is 1. The number of anilines is 2. The van der Waals surface area contributed by atoms with E-state index in [1.165, 1.54) is 31.5 Å². The lowest BCUT2D eigenvalue weighted by Gasteiger charge is -2.60. The molecule has 4 aromatic rings. The Morgan fingerprint density at radius 2 is 1.33 bits per heavy atom. The third-order valence-corrected chi connectivity index (χ3v) is 20.5.